The normalized spacial score (nSPS) is 13.2. The zero-order valence-electron chi connectivity index (χ0n) is 12.4. The molecule has 0 heterocycles. The van der Waals surface area contributed by atoms with Gasteiger partial charge in [0.1, 0.15) is 0 Å². The lowest BCUT2D eigenvalue weighted by atomic mass is 9.85. The van der Waals surface area contributed by atoms with Crippen molar-refractivity contribution in [2.45, 2.75) is 39.8 Å². The van der Waals surface area contributed by atoms with Crippen molar-refractivity contribution >= 4 is 29.1 Å². The smallest absolute Gasteiger partial charge is 0.224 e. The molecule has 112 valence electrons. The molecule has 20 heavy (non-hydrogen) atoms. The van der Waals surface area contributed by atoms with Gasteiger partial charge in [0.15, 0.2) is 0 Å². The number of halogens is 2. The third kappa shape index (κ3) is 4.97. The Kier molecular flexibility index (Phi) is 5.87. The Hall–Kier alpha value is -0.770. The van der Waals surface area contributed by atoms with Gasteiger partial charge >= 0.3 is 0 Å². The van der Waals surface area contributed by atoms with Gasteiger partial charge in [-0.25, -0.2) is 0 Å². The first-order valence-electron chi connectivity index (χ1n) is 6.54. The summed E-state index contributed by atoms with van der Waals surface area (Å²) in [7, 11) is 1.75. The summed E-state index contributed by atoms with van der Waals surface area (Å²) in [6.45, 7) is 6.54. The minimum Gasteiger partial charge on any atom is -0.341 e. The summed E-state index contributed by atoms with van der Waals surface area (Å²) in [4.78, 5) is 13.8. The van der Waals surface area contributed by atoms with Gasteiger partial charge < -0.3 is 10.6 Å². The fraction of sp³-hybridized carbons (Fsp3) is 0.533. The van der Waals surface area contributed by atoms with Gasteiger partial charge in [0.25, 0.3) is 0 Å². The van der Waals surface area contributed by atoms with Crippen LogP contribution >= 0.6 is 23.2 Å². The third-order valence-corrected chi connectivity index (χ3v) is 3.94. The van der Waals surface area contributed by atoms with E-state index in [1.54, 1.807) is 24.1 Å². The molecule has 1 aromatic rings. The number of benzene rings is 1. The van der Waals surface area contributed by atoms with Gasteiger partial charge in [-0.05, 0) is 23.1 Å². The summed E-state index contributed by atoms with van der Waals surface area (Å²) < 4.78 is 0. The van der Waals surface area contributed by atoms with E-state index in [-0.39, 0.29) is 17.4 Å². The quantitative estimate of drug-likeness (QED) is 0.920. The number of nitrogens with two attached hydrogens (primary N) is 1. The summed E-state index contributed by atoms with van der Waals surface area (Å²) in [6.07, 6.45) is 0.325. The summed E-state index contributed by atoms with van der Waals surface area (Å²) in [5.41, 5.74) is 6.82. The summed E-state index contributed by atoms with van der Waals surface area (Å²) >= 11 is 12.0. The van der Waals surface area contributed by atoms with Crippen LogP contribution in [0.15, 0.2) is 18.2 Å². The maximum absolute atomic E-state index is 12.2. The first-order chi connectivity index (χ1) is 9.11. The second kappa shape index (κ2) is 6.79. The molecule has 0 saturated carbocycles. The molecule has 0 saturated heterocycles. The average Bonchev–Trinajstić information content (AvgIpc) is 2.31. The Labute approximate surface area is 131 Å². The highest BCUT2D eigenvalue weighted by atomic mass is 35.5. The van der Waals surface area contributed by atoms with Gasteiger partial charge in [-0.1, -0.05) is 50.0 Å². The van der Waals surface area contributed by atoms with Crippen molar-refractivity contribution in [2.75, 3.05) is 7.05 Å². The maximum Gasteiger partial charge on any atom is 0.224 e. The predicted octanol–water partition coefficient (Wildman–Crippen LogP) is 3.72. The molecule has 0 aromatic heterocycles. The van der Waals surface area contributed by atoms with Crippen LogP contribution in [0, 0.1) is 5.41 Å². The van der Waals surface area contributed by atoms with E-state index in [1.165, 1.54) is 0 Å². The SMILES string of the molecule is CN(Cc1ccc(Cl)cc1Cl)C(=O)CC(N)C(C)(C)C. The van der Waals surface area contributed by atoms with E-state index < -0.39 is 0 Å². The lowest BCUT2D eigenvalue weighted by Gasteiger charge is -2.28. The fourth-order valence-corrected chi connectivity index (χ4v) is 2.11. The Morgan fingerprint density at radius 2 is 1.95 bits per heavy atom. The molecule has 0 radical (unpaired) electrons. The summed E-state index contributed by atoms with van der Waals surface area (Å²) in [5, 5.41) is 1.15. The molecule has 2 N–H and O–H groups in total. The topological polar surface area (TPSA) is 46.3 Å². The van der Waals surface area contributed by atoms with Gasteiger partial charge in [0.2, 0.25) is 5.91 Å². The zero-order chi connectivity index (χ0) is 15.5. The minimum absolute atomic E-state index is 0.0124. The van der Waals surface area contributed by atoms with Gasteiger partial charge in [-0.3, -0.25) is 4.79 Å². The number of rotatable bonds is 4. The second-order valence-electron chi connectivity index (χ2n) is 6.16. The molecule has 0 spiro atoms. The standard InChI is InChI=1S/C15H22Cl2N2O/c1-15(2,3)13(18)8-14(20)19(4)9-10-5-6-11(16)7-12(10)17/h5-7,13H,8-9,18H2,1-4H3. The monoisotopic (exact) mass is 316 g/mol. The maximum atomic E-state index is 12.2. The van der Waals surface area contributed by atoms with E-state index in [0.29, 0.717) is 23.0 Å². The van der Waals surface area contributed by atoms with E-state index in [9.17, 15) is 4.79 Å². The number of nitrogens with zero attached hydrogens (tertiary/aromatic N) is 1. The second-order valence-corrected chi connectivity index (χ2v) is 7.01. The first kappa shape index (κ1) is 17.3. The summed E-state index contributed by atoms with van der Waals surface area (Å²) in [6, 6.07) is 5.11. The number of hydrogen-bond acceptors (Lipinski definition) is 2. The Morgan fingerprint density at radius 3 is 2.45 bits per heavy atom. The predicted molar refractivity (Wildman–Crippen MR) is 85.0 cm³/mol. The molecule has 1 rings (SSSR count). The van der Waals surface area contributed by atoms with E-state index in [2.05, 4.69) is 0 Å². The third-order valence-electron chi connectivity index (χ3n) is 3.36. The van der Waals surface area contributed by atoms with Crippen molar-refractivity contribution in [1.29, 1.82) is 0 Å². The lowest BCUT2D eigenvalue weighted by molar-refractivity contribution is -0.131. The molecule has 1 aromatic carbocycles. The molecule has 1 amide bonds. The number of carbonyl (C=O) groups is 1. The van der Waals surface area contributed by atoms with Crippen molar-refractivity contribution in [3.05, 3.63) is 33.8 Å². The van der Waals surface area contributed by atoms with E-state index in [1.807, 2.05) is 26.8 Å². The van der Waals surface area contributed by atoms with E-state index in [4.69, 9.17) is 28.9 Å². The Morgan fingerprint density at radius 1 is 1.35 bits per heavy atom. The molecule has 0 bridgehead atoms. The Bertz CT molecular complexity index is 483. The molecule has 5 heteroatoms. The zero-order valence-corrected chi connectivity index (χ0v) is 13.9. The molecule has 0 aliphatic heterocycles. The van der Waals surface area contributed by atoms with Crippen molar-refractivity contribution < 1.29 is 4.79 Å². The first-order valence-corrected chi connectivity index (χ1v) is 7.30. The molecule has 3 nitrogen and oxygen atoms in total. The molecule has 1 atom stereocenters. The van der Waals surface area contributed by atoms with Gasteiger partial charge in [0, 0.05) is 36.1 Å². The highest BCUT2D eigenvalue weighted by Crippen LogP contribution is 2.23. The van der Waals surface area contributed by atoms with Crippen LogP contribution in [0.1, 0.15) is 32.8 Å². The van der Waals surface area contributed by atoms with Crippen molar-refractivity contribution in [1.82, 2.24) is 4.90 Å². The minimum atomic E-state index is -0.168. The molecule has 0 aliphatic carbocycles. The largest absolute Gasteiger partial charge is 0.341 e. The van der Waals surface area contributed by atoms with Crippen LogP contribution in [-0.4, -0.2) is 23.9 Å². The average molecular weight is 317 g/mol. The molecule has 1 unspecified atom stereocenters. The van der Waals surface area contributed by atoms with Crippen molar-refractivity contribution in [3.63, 3.8) is 0 Å². The van der Waals surface area contributed by atoms with Crippen LogP contribution in [0.2, 0.25) is 10.0 Å². The summed E-state index contributed by atoms with van der Waals surface area (Å²) in [5.74, 6) is 0.0124. The van der Waals surface area contributed by atoms with Crippen LogP contribution in [0.4, 0.5) is 0 Å². The number of hydrogen-bond donors (Lipinski definition) is 1. The molecular formula is C15H22Cl2N2O. The fourth-order valence-electron chi connectivity index (χ4n) is 1.64. The van der Waals surface area contributed by atoms with Gasteiger partial charge in [0.05, 0.1) is 0 Å². The number of amides is 1. The van der Waals surface area contributed by atoms with Crippen LogP contribution in [0.5, 0.6) is 0 Å². The van der Waals surface area contributed by atoms with Gasteiger partial charge in [-0.15, -0.1) is 0 Å². The molecule has 0 fully saturated rings. The highest BCUT2D eigenvalue weighted by molar-refractivity contribution is 6.35. The van der Waals surface area contributed by atoms with E-state index in [0.717, 1.165) is 5.56 Å². The lowest BCUT2D eigenvalue weighted by Crippen LogP contribution is -2.40. The van der Waals surface area contributed by atoms with Crippen molar-refractivity contribution in [3.8, 4) is 0 Å². The van der Waals surface area contributed by atoms with Crippen LogP contribution < -0.4 is 5.73 Å². The van der Waals surface area contributed by atoms with Crippen LogP contribution in [0.25, 0.3) is 0 Å². The highest BCUT2D eigenvalue weighted by Gasteiger charge is 2.24. The number of carbonyl (C=O) groups excluding carboxylic acids is 1. The van der Waals surface area contributed by atoms with Crippen molar-refractivity contribution in [2.24, 2.45) is 11.1 Å². The van der Waals surface area contributed by atoms with Gasteiger partial charge in [-0.2, -0.15) is 0 Å². The van der Waals surface area contributed by atoms with E-state index >= 15 is 0 Å². The van der Waals surface area contributed by atoms with Crippen LogP contribution in [0.3, 0.4) is 0 Å². The molecule has 0 aliphatic rings. The van der Waals surface area contributed by atoms with Crippen LogP contribution in [-0.2, 0) is 11.3 Å². The Balaban J connectivity index is 2.66. The molecular weight excluding hydrogens is 295 g/mol.